The second kappa shape index (κ2) is 5.46. The third-order valence-electron chi connectivity index (χ3n) is 2.17. The van der Waals surface area contributed by atoms with Crippen LogP contribution in [0.1, 0.15) is 33.6 Å². The molecule has 0 fully saturated rings. The van der Waals surface area contributed by atoms with E-state index in [1.165, 1.54) is 16.7 Å². The van der Waals surface area contributed by atoms with Crippen LogP contribution < -0.4 is 18.9 Å². The van der Waals surface area contributed by atoms with E-state index >= 15 is 0 Å². The third kappa shape index (κ3) is 3.05. The summed E-state index contributed by atoms with van der Waals surface area (Å²) in [5, 5.41) is 0. The molecule has 0 unspecified atom stereocenters. The first kappa shape index (κ1) is 11.8. The molecule has 1 rings (SSSR count). The van der Waals surface area contributed by atoms with Gasteiger partial charge in [-0.2, -0.15) is 0 Å². The summed E-state index contributed by atoms with van der Waals surface area (Å²) in [4.78, 5) is 0. The van der Waals surface area contributed by atoms with Gasteiger partial charge in [-0.1, -0.05) is 17.6 Å². The molecule has 0 aromatic heterocycles. The summed E-state index contributed by atoms with van der Waals surface area (Å²) in [5.74, 6) is 0. The zero-order chi connectivity index (χ0) is 8.27. The minimum Gasteiger partial charge on any atom is -0.275 e. The van der Waals surface area contributed by atoms with Crippen molar-refractivity contribution in [2.24, 2.45) is 0 Å². The summed E-state index contributed by atoms with van der Waals surface area (Å²) in [6.45, 7) is 6.52. The van der Waals surface area contributed by atoms with E-state index in [0.29, 0.717) is 0 Å². The molecule has 0 radical (unpaired) electrons. The Labute approximate surface area is 87.6 Å². The molecule has 0 atom stereocenters. The van der Waals surface area contributed by atoms with E-state index in [1.54, 1.807) is 0 Å². The minimum absolute atomic E-state index is 0. The Bertz CT molecular complexity index is 227. The summed E-state index contributed by atoms with van der Waals surface area (Å²) in [6, 6.07) is 0. The largest absolute Gasteiger partial charge is 1.00 e. The maximum atomic E-state index is 3.18. The van der Waals surface area contributed by atoms with Crippen molar-refractivity contribution in [2.45, 2.75) is 33.6 Å². The van der Waals surface area contributed by atoms with Gasteiger partial charge in [-0.3, -0.25) is 6.08 Å². The molecule has 0 aromatic rings. The fourth-order valence-corrected chi connectivity index (χ4v) is 1.17. The first-order valence-electron chi connectivity index (χ1n) is 4.12. The van der Waals surface area contributed by atoms with Gasteiger partial charge in [0.2, 0.25) is 0 Å². The van der Waals surface area contributed by atoms with Gasteiger partial charge in [-0.25, -0.2) is 12.2 Å². The molecule has 1 aliphatic rings. The van der Waals surface area contributed by atoms with E-state index in [1.807, 2.05) is 6.08 Å². The smallest absolute Gasteiger partial charge is 0.275 e. The maximum absolute atomic E-state index is 3.18. The average Bonchev–Trinajstić information content (AvgIpc) is 2.05. The molecular formula is C11H15Li. The monoisotopic (exact) mass is 154 g/mol. The molecule has 0 saturated carbocycles. The van der Waals surface area contributed by atoms with Crippen LogP contribution in [0.2, 0.25) is 0 Å². The van der Waals surface area contributed by atoms with E-state index in [9.17, 15) is 0 Å². The fourth-order valence-electron chi connectivity index (χ4n) is 1.17. The van der Waals surface area contributed by atoms with E-state index in [2.05, 4.69) is 32.9 Å². The van der Waals surface area contributed by atoms with E-state index < -0.39 is 0 Å². The fraction of sp³-hybridized carbons (Fsp3) is 0.455. The standard InChI is InChI=1S/C11H15.Li/c1-9(2)10(3)11-7-5-4-6-8-11;/h5,7H,6,8H2,1-3H3;/q-1;+1. The van der Waals surface area contributed by atoms with E-state index in [0.717, 1.165) is 12.8 Å². The average molecular weight is 154 g/mol. The third-order valence-corrected chi connectivity index (χ3v) is 2.17. The van der Waals surface area contributed by atoms with Gasteiger partial charge >= 0.3 is 18.9 Å². The van der Waals surface area contributed by atoms with Gasteiger partial charge in [0.05, 0.1) is 0 Å². The summed E-state index contributed by atoms with van der Waals surface area (Å²) >= 11 is 0. The van der Waals surface area contributed by atoms with Crippen molar-refractivity contribution in [3.8, 4) is 0 Å². The van der Waals surface area contributed by atoms with Crippen molar-refractivity contribution in [2.75, 3.05) is 0 Å². The van der Waals surface area contributed by atoms with Gasteiger partial charge in [-0.15, -0.1) is 12.0 Å². The molecule has 1 heteroatoms. The van der Waals surface area contributed by atoms with Crippen LogP contribution in [0.25, 0.3) is 0 Å². The molecule has 0 aliphatic heterocycles. The molecule has 0 saturated heterocycles. The molecule has 12 heavy (non-hydrogen) atoms. The molecule has 0 heterocycles. The number of allylic oxidation sites excluding steroid dienone is 6. The first-order chi connectivity index (χ1) is 5.22. The molecule has 60 valence electrons. The van der Waals surface area contributed by atoms with E-state index in [-0.39, 0.29) is 18.9 Å². The Kier molecular flexibility index (Phi) is 5.38. The Balaban J connectivity index is 0.00000121. The SMILES string of the molecule is CC(C)=C(C)C1=CC=[C-]CC1.[Li+]. The van der Waals surface area contributed by atoms with Crippen LogP contribution in [0.3, 0.4) is 0 Å². The predicted molar refractivity (Wildman–Crippen MR) is 49.2 cm³/mol. The summed E-state index contributed by atoms with van der Waals surface area (Å²) in [7, 11) is 0. The van der Waals surface area contributed by atoms with Gasteiger partial charge in [0.15, 0.2) is 0 Å². The zero-order valence-corrected chi connectivity index (χ0v) is 8.57. The molecule has 0 spiro atoms. The quantitative estimate of drug-likeness (QED) is 0.379. The van der Waals surface area contributed by atoms with Crippen LogP contribution in [-0.4, -0.2) is 0 Å². The van der Waals surface area contributed by atoms with Crippen molar-refractivity contribution in [1.82, 2.24) is 0 Å². The summed E-state index contributed by atoms with van der Waals surface area (Å²) in [6.07, 6.45) is 9.63. The van der Waals surface area contributed by atoms with Gasteiger partial charge < -0.3 is 0 Å². The van der Waals surface area contributed by atoms with Crippen molar-refractivity contribution in [3.63, 3.8) is 0 Å². The second-order valence-electron chi connectivity index (χ2n) is 3.19. The molecule has 0 aromatic carbocycles. The van der Waals surface area contributed by atoms with Crippen LogP contribution in [0.4, 0.5) is 0 Å². The topological polar surface area (TPSA) is 0 Å². The van der Waals surface area contributed by atoms with E-state index in [4.69, 9.17) is 0 Å². The molecule has 0 amide bonds. The summed E-state index contributed by atoms with van der Waals surface area (Å²) < 4.78 is 0. The van der Waals surface area contributed by atoms with Crippen molar-refractivity contribution >= 4 is 0 Å². The van der Waals surface area contributed by atoms with Crippen LogP contribution in [-0.2, 0) is 0 Å². The molecule has 0 N–H and O–H groups in total. The first-order valence-corrected chi connectivity index (χ1v) is 4.12. The van der Waals surface area contributed by atoms with Gasteiger partial charge in [0, 0.05) is 0 Å². The van der Waals surface area contributed by atoms with Crippen molar-refractivity contribution < 1.29 is 18.9 Å². The Morgan fingerprint density at radius 3 is 2.42 bits per heavy atom. The molecule has 1 aliphatic carbocycles. The van der Waals surface area contributed by atoms with Crippen LogP contribution in [0.15, 0.2) is 28.9 Å². The second-order valence-corrected chi connectivity index (χ2v) is 3.19. The molecule has 0 bridgehead atoms. The zero-order valence-electron chi connectivity index (χ0n) is 8.57. The summed E-state index contributed by atoms with van der Waals surface area (Å²) in [5.41, 5.74) is 4.35. The van der Waals surface area contributed by atoms with Gasteiger partial charge in [0.1, 0.15) is 0 Å². The number of hydrogen-bond acceptors (Lipinski definition) is 0. The normalized spacial score (nSPS) is 14.8. The predicted octanol–water partition coefficient (Wildman–Crippen LogP) is 0.426. The Morgan fingerprint density at radius 2 is 2.00 bits per heavy atom. The van der Waals surface area contributed by atoms with Crippen LogP contribution in [0, 0.1) is 6.08 Å². The number of rotatable bonds is 1. The van der Waals surface area contributed by atoms with Crippen molar-refractivity contribution in [3.05, 3.63) is 34.9 Å². The van der Waals surface area contributed by atoms with Gasteiger partial charge in [-0.05, 0) is 20.8 Å². The minimum atomic E-state index is 0. The Morgan fingerprint density at radius 1 is 1.33 bits per heavy atom. The molecule has 0 nitrogen and oxygen atoms in total. The van der Waals surface area contributed by atoms with Gasteiger partial charge in [0.25, 0.3) is 0 Å². The number of hydrogen-bond donors (Lipinski definition) is 0. The molecular weight excluding hydrogens is 139 g/mol. The Hall–Kier alpha value is -0.183. The van der Waals surface area contributed by atoms with Crippen molar-refractivity contribution in [1.29, 1.82) is 0 Å². The maximum Gasteiger partial charge on any atom is 1.00 e. The van der Waals surface area contributed by atoms with Crippen LogP contribution >= 0.6 is 0 Å². The van der Waals surface area contributed by atoms with Crippen LogP contribution in [0.5, 0.6) is 0 Å².